The number of fused-ring (bicyclic) bond motifs is 1. The van der Waals surface area contributed by atoms with Crippen molar-refractivity contribution in [1.29, 1.82) is 0 Å². The van der Waals surface area contributed by atoms with E-state index in [0.29, 0.717) is 31.8 Å². The first-order valence-corrected chi connectivity index (χ1v) is 6.84. The highest BCUT2D eigenvalue weighted by atomic mass is 19.1. The van der Waals surface area contributed by atoms with Gasteiger partial charge in [0.05, 0.1) is 6.04 Å². The van der Waals surface area contributed by atoms with Gasteiger partial charge in [0.25, 0.3) is 0 Å². The Kier molecular flexibility index (Phi) is 3.64. The Morgan fingerprint density at radius 2 is 2.29 bits per heavy atom. The second-order valence-corrected chi connectivity index (χ2v) is 5.16. The maximum Gasteiger partial charge on any atom is 0.410 e. The van der Waals surface area contributed by atoms with Crippen LogP contribution in [-0.4, -0.2) is 54.2 Å². The van der Waals surface area contributed by atoms with Gasteiger partial charge in [-0.2, -0.15) is 0 Å². The van der Waals surface area contributed by atoms with Crippen molar-refractivity contribution in [2.45, 2.75) is 12.6 Å². The molecule has 0 spiro atoms. The molecule has 2 heterocycles. The average molecular weight is 293 g/mol. The average Bonchev–Trinajstić information content (AvgIpc) is 2.86. The van der Waals surface area contributed by atoms with E-state index in [0.717, 1.165) is 0 Å². The van der Waals surface area contributed by atoms with Gasteiger partial charge in [-0.15, -0.1) is 0 Å². The number of nitrogens with one attached hydrogen (secondary N) is 1. The van der Waals surface area contributed by atoms with Crippen molar-refractivity contribution in [1.82, 2.24) is 15.1 Å². The van der Waals surface area contributed by atoms with E-state index in [1.165, 1.54) is 12.1 Å². The molecule has 1 unspecified atom stereocenters. The zero-order chi connectivity index (χ0) is 14.8. The number of hydrogen-bond donors (Lipinski definition) is 1. The molecule has 0 saturated carbocycles. The Labute approximate surface area is 121 Å². The number of benzene rings is 1. The summed E-state index contributed by atoms with van der Waals surface area (Å²) in [5, 5.41) is 2.76. The van der Waals surface area contributed by atoms with Gasteiger partial charge in [0, 0.05) is 26.2 Å². The van der Waals surface area contributed by atoms with Crippen molar-refractivity contribution in [3.63, 3.8) is 0 Å². The Morgan fingerprint density at radius 1 is 1.43 bits per heavy atom. The van der Waals surface area contributed by atoms with Crippen molar-refractivity contribution < 1.29 is 18.7 Å². The van der Waals surface area contributed by atoms with Crippen molar-refractivity contribution in [2.75, 3.05) is 26.2 Å². The lowest BCUT2D eigenvalue weighted by Gasteiger charge is -2.35. The molecule has 7 heteroatoms. The minimum atomic E-state index is -0.322. The summed E-state index contributed by atoms with van der Waals surface area (Å²) in [5.41, 5.74) is 0.710. The fourth-order valence-corrected chi connectivity index (χ4v) is 2.61. The number of hydrogen-bond acceptors (Lipinski definition) is 3. The van der Waals surface area contributed by atoms with E-state index in [-0.39, 0.29) is 30.5 Å². The molecule has 0 aromatic heterocycles. The van der Waals surface area contributed by atoms with Gasteiger partial charge in [-0.1, -0.05) is 12.1 Å². The van der Waals surface area contributed by atoms with Crippen molar-refractivity contribution in [3.05, 3.63) is 35.6 Å². The van der Waals surface area contributed by atoms with Crippen molar-refractivity contribution in [3.8, 4) is 0 Å². The predicted molar refractivity (Wildman–Crippen MR) is 72.1 cm³/mol. The maximum absolute atomic E-state index is 13.1. The first-order valence-electron chi connectivity index (χ1n) is 6.84. The number of piperazine rings is 1. The molecule has 3 rings (SSSR count). The van der Waals surface area contributed by atoms with E-state index in [2.05, 4.69) is 5.32 Å². The molecule has 1 atom stereocenters. The monoisotopic (exact) mass is 293 g/mol. The third-order valence-corrected chi connectivity index (χ3v) is 3.74. The molecular formula is C14H16FN3O3. The van der Waals surface area contributed by atoms with Gasteiger partial charge in [0.15, 0.2) is 0 Å². The topological polar surface area (TPSA) is 61.9 Å². The number of nitrogens with zero attached hydrogens (tertiary/aromatic N) is 2. The standard InChI is InChI=1S/C14H16FN3O3/c15-11-3-1-2-10(6-11)7-16-13(19)17-4-5-18-12(8-17)9-21-14(18)20/h1-3,6,12H,4-5,7-9H2,(H,16,19). The molecule has 1 N–H and O–H groups in total. The second-order valence-electron chi connectivity index (χ2n) is 5.16. The van der Waals surface area contributed by atoms with Crippen LogP contribution < -0.4 is 5.32 Å². The zero-order valence-electron chi connectivity index (χ0n) is 11.4. The Hall–Kier alpha value is -2.31. The lowest BCUT2D eigenvalue weighted by molar-refractivity contribution is 0.127. The number of amides is 3. The van der Waals surface area contributed by atoms with Crippen LogP contribution in [-0.2, 0) is 11.3 Å². The third-order valence-electron chi connectivity index (χ3n) is 3.74. The number of halogens is 1. The summed E-state index contributed by atoms with van der Waals surface area (Å²) in [4.78, 5) is 26.8. The van der Waals surface area contributed by atoms with Gasteiger partial charge >= 0.3 is 12.1 Å². The van der Waals surface area contributed by atoms with Crippen LogP contribution in [0, 0.1) is 5.82 Å². The largest absolute Gasteiger partial charge is 0.447 e. The lowest BCUT2D eigenvalue weighted by atomic mass is 10.2. The maximum atomic E-state index is 13.1. The molecule has 6 nitrogen and oxygen atoms in total. The summed E-state index contributed by atoms with van der Waals surface area (Å²) in [6, 6.07) is 5.84. The van der Waals surface area contributed by atoms with Crippen LogP contribution in [0.5, 0.6) is 0 Å². The Bertz CT molecular complexity index is 566. The van der Waals surface area contributed by atoms with Gasteiger partial charge in [-0.3, -0.25) is 4.90 Å². The number of cyclic esters (lactones) is 1. The summed E-state index contributed by atoms with van der Waals surface area (Å²) in [5.74, 6) is -0.322. The zero-order valence-corrected chi connectivity index (χ0v) is 11.4. The molecule has 3 amide bonds. The number of carbonyl (C=O) groups excluding carboxylic acids is 2. The summed E-state index contributed by atoms with van der Waals surface area (Å²) in [7, 11) is 0. The van der Waals surface area contributed by atoms with Gasteiger partial charge in [0.1, 0.15) is 12.4 Å². The minimum Gasteiger partial charge on any atom is -0.447 e. The molecule has 2 fully saturated rings. The summed E-state index contributed by atoms with van der Waals surface area (Å²) in [6.45, 7) is 2.02. The SMILES string of the molecule is O=C(NCc1cccc(F)c1)N1CCN2C(=O)OCC2C1. The summed E-state index contributed by atoms with van der Waals surface area (Å²) < 4.78 is 18.0. The lowest BCUT2D eigenvalue weighted by Crippen LogP contribution is -2.55. The molecule has 21 heavy (non-hydrogen) atoms. The molecule has 0 aliphatic carbocycles. The normalized spacial score (nSPS) is 21.0. The van der Waals surface area contributed by atoms with Gasteiger partial charge in [0.2, 0.25) is 0 Å². The molecule has 112 valence electrons. The van der Waals surface area contributed by atoms with Gasteiger partial charge < -0.3 is 15.0 Å². The third kappa shape index (κ3) is 2.91. The molecule has 2 aliphatic rings. The highest BCUT2D eigenvalue weighted by molar-refractivity contribution is 5.75. The first-order chi connectivity index (χ1) is 10.1. The molecular weight excluding hydrogens is 277 g/mol. The van der Waals surface area contributed by atoms with Crippen LogP contribution in [0.4, 0.5) is 14.0 Å². The van der Waals surface area contributed by atoms with E-state index < -0.39 is 0 Å². The fraction of sp³-hybridized carbons (Fsp3) is 0.429. The number of rotatable bonds is 2. The second kappa shape index (κ2) is 5.59. The number of urea groups is 1. The van der Waals surface area contributed by atoms with E-state index in [4.69, 9.17) is 4.74 Å². The molecule has 0 bridgehead atoms. The summed E-state index contributed by atoms with van der Waals surface area (Å²) in [6.07, 6.45) is -0.306. The van der Waals surface area contributed by atoms with Crippen LogP contribution in [0.15, 0.2) is 24.3 Å². The molecule has 2 aliphatic heterocycles. The van der Waals surface area contributed by atoms with E-state index >= 15 is 0 Å². The number of carbonyl (C=O) groups is 2. The van der Waals surface area contributed by atoms with Crippen LogP contribution in [0.1, 0.15) is 5.56 Å². The van der Waals surface area contributed by atoms with Crippen molar-refractivity contribution in [2.24, 2.45) is 0 Å². The summed E-state index contributed by atoms with van der Waals surface area (Å²) >= 11 is 0. The molecule has 1 aromatic carbocycles. The fourth-order valence-electron chi connectivity index (χ4n) is 2.61. The first kappa shape index (κ1) is 13.7. The molecule has 2 saturated heterocycles. The van der Waals surface area contributed by atoms with Gasteiger partial charge in [-0.25, -0.2) is 14.0 Å². The van der Waals surface area contributed by atoms with Crippen LogP contribution in [0.2, 0.25) is 0 Å². The van der Waals surface area contributed by atoms with E-state index in [9.17, 15) is 14.0 Å². The smallest absolute Gasteiger partial charge is 0.410 e. The van der Waals surface area contributed by atoms with Crippen molar-refractivity contribution >= 4 is 12.1 Å². The number of ether oxygens (including phenoxy) is 1. The molecule has 1 aromatic rings. The highest BCUT2D eigenvalue weighted by Crippen LogP contribution is 2.17. The van der Waals surface area contributed by atoms with E-state index in [1.807, 2.05) is 0 Å². The quantitative estimate of drug-likeness (QED) is 0.890. The van der Waals surface area contributed by atoms with Crippen LogP contribution >= 0.6 is 0 Å². The van der Waals surface area contributed by atoms with Gasteiger partial charge in [-0.05, 0) is 17.7 Å². The minimum absolute atomic E-state index is 0.0637. The Morgan fingerprint density at radius 3 is 3.10 bits per heavy atom. The van der Waals surface area contributed by atoms with Crippen LogP contribution in [0.25, 0.3) is 0 Å². The van der Waals surface area contributed by atoms with Crippen LogP contribution in [0.3, 0.4) is 0 Å². The molecule has 0 radical (unpaired) electrons. The van der Waals surface area contributed by atoms with E-state index in [1.54, 1.807) is 21.9 Å². The highest BCUT2D eigenvalue weighted by Gasteiger charge is 2.38. The predicted octanol–water partition coefficient (Wildman–Crippen LogP) is 1.17. The Balaban J connectivity index is 1.53.